The van der Waals surface area contributed by atoms with Crippen LogP contribution in [0, 0.1) is 0 Å². The van der Waals surface area contributed by atoms with E-state index in [1.807, 2.05) is 0 Å². The third-order valence-electron chi connectivity index (χ3n) is 3.65. The Morgan fingerprint density at radius 3 is 1.54 bits per heavy atom. The van der Waals surface area contributed by atoms with Crippen LogP contribution in [0.25, 0.3) is 0 Å². The van der Waals surface area contributed by atoms with Crippen molar-refractivity contribution in [3.8, 4) is 0 Å². The predicted molar refractivity (Wildman–Crippen MR) is 70.9 cm³/mol. The number of hydrogen-bond donors (Lipinski definition) is 2. The zero-order chi connectivity index (χ0) is 19.2. The molecule has 0 aromatic carbocycles. The fourth-order valence-electron chi connectivity index (χ4n) is 2.02. The largest absolute Gasteiger partial charge is 0.394 e. The van der Waals surface area contributed by atoms with E-state index in [0.717, 1.165) is 0 Å². The minimum atomic E-state index is -6.25. The van der Waals surface area contributed by atoms with Crippen molar-refractivity contribution in [1.29, 1.82) is 0 Å². The van der Waals surface area contributed by atoms with Crippen molar-refractivity contribution in [2.45, 2.75) is 81.7 Å². The van der Waals surface area contributed by atoms with Gasteiger partial charge in [-0.15, -0.1) is 0 Å². The first-order valence-electron chi connectivity index (χ1n) is 7.57. The molecule has 0 spiro atoms. The molecule has 0 rings (SSSR count). The van der Waals surface area contributed by atoms with Crippen LogP contribution in [0.15, 0.2) is 0 Å². The predicted octanol–water partition coefficient (Wildman–Crippen LogP) is 4.63. The van der Waals surface area contributed by atoms with Gasteiger partial charge in [-0.25, -0.2) is 0 Å². The zero-order valence-electron chi connectivity index (χ0n) is 13.2. The second kappa shape index (κ2) is 8.64. The number of hydrogen-bond acceptors (Lipinski definition) is 2. The smallest absolute Gasteiger partial charge is 0.378 e. The SMILES string of the molecule is CCCCCC(F)(F)C(F)(F)C(F)(F)C(F)(F)CCCC(O)CO. The Kier molecular flexibility index (Phi) is 8.41. The van der Waals surface area contributed by atoms with Gasteiger partial charge in [-0.3, -0.25) is 0 Å². The third-order valence-corrected chi connectivity index (χ3v) is 3.65. The number of unbranched alkanes of at least 4 members (excludes halogenated alkanes) is 2. The number of halogens is 8. The van der Waals surface area contributed by atoms with E-state index in [9.17, 15) is 35.1 Å². The highest BCUT2D eigenvalue weighted by Gasteiger charge is 2.79. The molecule has 1 unspecified atom stereocenters. The molecule has 2 N–H and O–H groups in total. The lowest BCUT2D eigenvalue weighted by atomic mass is 9.92. The summed E-state index contributed by atoms with van der Waals surface area (Å²) in [5.74, 6) is -23.1. The summed E-state index contributed by atoms with van der Waals surface area (Å²) < 4.78 is 108. The van der Waals surface area contributed by atoms with E-state index in [1.165, 1.54) is 0 Å². The summed E-state index contributed by atoms with van der Waals surface area (Å²) in [6, 6.07) is 0. The average Bonchev–Trinajstić information content (AvgIpc) is 2.46. The number of rotatable bonds is 12. The van der Waals surface area contributed by atoms with Crippen LogP contribution in [0.2, 0.25) is 0 Å². The first-order chi connectivity index (χ1) is 10.8. The lowest BCUT2D eigenvalue weighted by molar-refractivity contribution is -0.368. The van der Waals surface area contributed by atoms with Gasteiger partial charge in [0, 0.05) is 12.8 Å². The molecule has 146 valence electrons. The van der Waals surface area contributed by atoms with Crippen LogP contribution in [0.1, 0.15) is 51.9 Å². The van der Waals surface area contributed by atoms with Crippen LogP contribution < -0.4 is 0 Å². The molecule has 0 fully saturated rings. The van der Waals surface area contributed by atoms with Crippen LogP contribution >= 0.6 is 0 Å². The summed E-state index contributed by atoms with van der Waals surface area (Å²) >= 11 is 0. The van der Waals surface area contributed by atoms with Crippen molar-refractivity contribution in [3.63, 3.8) is 0 Å². The molecule has 1 atom stereocenters. The molecule has 24 heavy (non-hydrogen) atoms. The normalized spacial score (nSPS) is 15.6. The van der Waals surface area contributed by atoms with Crippen molar-refractivity contribution in [1.82, 2.24) is 0 Å². The van der Waals surface area contributed by atoms with Crippen molar-refractivity contribution in [2.24, 2.45) is 0 Å². The lowest BCUT2D eigenvalue weighted by Gasteiger charge is -2.37. The van der Waals surface area contributed by atoms with Gasteiger partial charge in [0.25, 0.3) is 0 Å². The summed E-state index contributed by atoms with van der Waals surface area (Å²) in [4.78, 5) is 0. The molecule has 0 saturated carbocycles. The fourth-order valence-corrected chi connectivity index (χ4v) is 2.02. The van der Waals surface area contributed by atoms with Crippen LogP contribution in [0.5, 0.6) is 0 Å². The molecular weight excluding hydrogens is 352 g/mol. The highest BCUT2D eigenvalue weighted by atomic mass is 19.4. The maximum Gasteiger partial charge on any atom is 0.378 e. The van der Waals surface area contributed by atoms with E-state index in [4.69, 9.17) is 10.2 Å². The van der Waals surface area contributed by atoms with Crippen molar-refractivity contribution in [2.75, 3.05) is 6.61 Å². The van der Waals surface area contributed by atoms with Gasteiger partial charge in [0.2, 0.25) is 0 Å². The first kappa shape index (κ1) is 23.4. The minimum Gasteiger partial charge on any atom is -0.394 e. The van der Waals surface area contributed by atoms with Crippen molar-refractivity contribution < 1.29 is 45.3 Å². The van der Waals surface area contributed by atoms with Crippen LogP contribution in [0.3, 0.4) is 0 Å². The Hall–Kier alpha value is -0.640. The monoisotopic (exact) mass is 374 g/mol. The second-order valence-corrected chi connectivity index (χ2v) is 5.74. The Bertz CT molecular complexity index is 374. The molecular formula is C14H22F8O2. The maximum absolute atomic E-state index is 13.5. The van der Waals surface area contributed by atoms with E-state index in [2.05, 4.69) is 0 Å². The highest BCUT2D eigenvalue weighted by Crippen LogP contribution is 2.55. The van der Waals surface area contributed by atoms with E-state index < -0.39 is 68.5 Å². The van der Waals surface area contributed by atoms with Crippen molar-refractivity contribution in [3.05, 3.63) is 0 Å². The molecule has 0 aliphatic heterocycles. The molecule has 0 bridgehead atoms. The van der Waals surface area contributed by atoms with E-state index >= 15 is 0 Å². The standard InChI is InChI=1S/C14H22F8O2/c1-2-3-4-7-11(15,16)13(19,20)14(21,22)12(17,18)8-5-6-10(24)9-23/h10,23-24H,2-9H2,1H3. The molecule has 0 radical (unpaired) electrons. The molecule has 0 amide bonds. The molecule has 0 aliphatic carbocycles. The van der Waals surface area contributed by atoms with E-state index in [0.29, 0.717) is 6.42 Å². The third kappa shape index (κ3) is 5.18. The van der Waals surface area contributed by atoms with Crippen molar-refractivity contribution >= 4 is 0 Å². The molecule has 0 saturated heterocycles. The molecule has 2 nitrogen and oxygen atoms in total. The lowest BCUT2D eigenvalue weighted by Crippen LogP contribution is -2.62. The molecule has 10 heteroatoms. The van der Waals surface area contributed by atoms with Gasteiger partial charge in [-0.1, -0.05) is 19.8 Å². The van der Waals surface area contributed by atoms with Gasteiger partial charge < -0.3 is 10.2 Å². The van der Waals surface area contributed by atoms with Gasteiger partial charge >= 0.3 is 23.7 Å². The zero-order valence-corrected chi connectivity index (χ0v) is 13.2. The van der Waals surface area contributed by atoms with E-state index in [-0.39, 0.29) is 6.42 Å². The summed E-state index contributed by atoms with van der Waals surface area (Å²) in [7, 11) is 0. The highest BCUT2D eigenvalue weighted by molar-refractivity contribution is 5.03. The minimum absolute atomic E-state index is 0.0761. The Morgan fingerprint density at radius 2 is 1.17 bits per heavy atom. The van der Waals surface area contributed by atoms with Crippen LogP contribution in [-0.4, -0.2) is 46.6 Å². The Balaban J connectivity index is 5.13. The molecule has 0 aliphatic rings. The van der Waals surface area contributed by atoms with Gasteiger partial charge in [0.05, 0.1) is 12.7 Å². The molecule has 0 aromatic heterocycles. The molecule has 0 heterocycles. The number of aliphatic hydroxyl groups is 2. The average molecular weight is 374 g/mol. The number of aliphatic hydroxyl groups excluding tert-OH is 2. The maximum atomic E-state index is 13.5. The van der Waals surface area contributed by atoms with E-state index in [1.54, 1.807) is 6.92 Å². The fraction of sp³-hybridized carbons (Fsp3) is 1.00. The van der Waals surface area contributed by atoms with Crippen LogP contribution in [-0.2, 0) is 0 Å². The summed E-state index contributed by atoms with van der Waals surface area (Å²) in [5.41, 5.74) is 0. The second-order valence-electron chi connectivity index (χ2n) is 5.74. The molecule has 0 aromatic rings. The Morgan fingerprint density at radius 1 is 0.750 bits per heavy atom. The quantitative estimate of drug-likeness (QED) is 0.386. The van der Waals surface area contributed by atoms with Crippen LogP contribution in [0.4, 0.5) is 35.1 Å². The van der Waals surface area contributed by atoms with Gasteiger partial charge in [0.1, 0.15) is 0 Å². The summed E-state index contributed by atoms with van der Waals surface area (Å²) in [6.07, 6.45) is -6.38. The summed E-state index contributed by atoms with van der Waals surface area (Å²) in [6.45, 7) is 0.744. The van der Waals surface area contributed by atoms with Gasteiger partial charge in [-0.05, 0) is 19.3 Å². The Labute approximate surface area is 134 Å². The number of alkyl halides is 8. The van der Waals surface area contributed by atoms with Gasteiger partial charge in [0.15, 0.2) is 0 Å². The topological polar surface area (TPSA) is 40.5 Å². The van der Waals surface area contributed by atoms with Gasteiger partial charge in [-0.2, -0.15) is 35.1 Å². The first-order valence-corrected chi connectivity index (χ1v) is 7.57. The summed E-state index contributed by atoms with van der Waals surface area (Å²) in [5, 5.41) is 17.4.